The SMILES string of the molecule is CC(=O)C1=C(C)NC(N)=NC1c1ccccc1[N+](=O)[O-]. The van der Waals surface area contributed by atoms with E-state index in [0.717, 1.165) is 0 Å². The zero-order valence-electron chi connectivity index (χ0n) is 11.1. The number of ketones is 1. The van der Waals surface area contributed by atoms with E-state index in [4.69, 9.17) is 5.73 Å². The van der Waals surface area contributed by atoms with Gasteiger partial charge in [0, 0.05) is 17.3 Å². The smallest absolute Gasteiger partial charge is 0.275 e. The number of hydrogen-bond acceptors (Lipinski definition) is 6. The Morgan fingerprint density at radius 1 is 1.45 bits per heavy atom. The van der Waals surface area contributed by atoms with Gasteiger partial charge < -0.3 is 11.1 Å². The van der Waals surface area contributed by atoms with Gasteiger partial charge in [0.1, 0.15) is 6.04 Å². The highest BCUT2D eigenvalue weighted by molar-refractivity contribution is 5.98. The summed E-state index contributed by atoms with van der Waals surface area (Å²) >= 11 is 0. The van der Waals surface area contributed by atoms with Crippen LogP contribution >= 0.6 is 0 Å². The Bertz CT molecular complexity index is 649. The number of guanidine groups is 1. The minimum Gasteiger partial charge on any atom is -0.370 e. The van der Waals surface area contributed by atoms with Crippen molar-refractivity contribution in [3.05, 3.63) is 51.2 Å². The standard InChI is InChI=1S/C13H14N4O3/c1-7-11(8(2)18)12(16-13(14)15-7)9-5-3-4-6-10(9)17(19)20/h3-6,12H,1-2H3,(H3,14,15,16). The largest absolute Gasteiger partial charge is 0.370 e. The number of nitro benzene ring substituents is 1. The van der Waals surface area contributed by atoms with Crippen LogP contribution in [0.25, 0.3) is 0 Å². The number of nitro groups is 1. The van der Waals surface area contributed by atoms with E-state index in [9.17, 15) is 14.9 Å². The summed E-state index contributed by atoms with van der Waals surface area (Å²) in [4.78, 5) is 26.6. The molecule has 0 aromatic heterocycles. The third kappa shape index (κ3) is 2.37. The zero-order chi connectivity index (χ0) is 14.9. The fourth-order valence-corrected chi connectivity index (χ4v) is 2.27. The topological polar surface area (TPSA) is 111 Å². The van der Waals surface area contributed by atoms with Gasteiger partial charge in [-0.05, 0) is 19.9 Å². The number of carbonyl (C=O) groups is 1. The van der Waals surface area contributed by atoms with Crippen LogP contribution in [0.1, 0.15) is 25.5 Å². The molecular formula is C13H14N4O3. The minimum atomic E-state index is -0.754. The molecule has 20 heavy (non-hydrogen) atoms. The second-order valence-electron chi connectivity index (χ2n) is 4.45. The van der Waals surface area contributed by atoms with E-state index in [1.54, 1.807) is 25.1 Å². The summed E-state index contributed by atoms with van der Waals surface area (Å²) in [5.74, 6) is -0.0648. The van der Waals surface area contributed by atoms with Crippen LogP contribution in [-0.2, 0) is 4.79 Å². The van der Waals surface area contributed by atoms with Crippen molar-refractivity contribution in [3.8, 4) is 0 Å². The average molecular weight is 274 g/mol. The van der Waals surface area contributed by atoms with Crippen LogP contribution in [0.4, 0.5) is 5.69 Å². The molecule has 1 unspecified atom stereocenters. The van der Waals surface area contributed by atoms with Gasteiger partial charge in [0.25, 0.3) is 5.69 Å². The Hall–Kier alpha value is -2.70. The molecule has 1 atom stereocenters. The first-order chi connectivity index (χ1) is 9.41. The van der Waals surface area contributed by atoms with E-state index >= 15 is 0 Å². The number of carbonyl (C=O) groups excluding carboxylic acids is 1. The number of Topliss-reactive ketones (excluding diaryl/α,β-unsaturated/α-hetero) is 1. The van der Waals surface area contributed by atoms with Gasteiger partial charge in [-0.3, -0.25) is 14.9 Å². The van der Waals surface area contributed by atoms with E-state index in [0.29, 0.717) is 16.8 Å². The number of benzene rings is 1. The summed E-state index contributed by atoms with van der Waals surface area (Å²) in [5.41, 5.74) is 6.88. The number of aliphatic imine (C=N–C) groups is 1. The normalized spacial score (nSPS) is 18.3. The summed E-state index contributed by atoms with van der Waals surface area (Å²) in [7, 11) is 0. The number of rotatable bonds is 3. The maximum atomic E-state index is 11.8. The monoisotopic (exact) mass is 274 g/mol. The van der Waals surface area contributed by atoms with Crippen molar-refractivity contribution in [2.75, 3.05) is 0 Å². The molecular weight excluding hydrogens is 260 g/mol. The molecule has 0 spiro atoms. The van der Waals surface area contributed by atoms with Gasteiger partial charge in [-0.2, -0.15) is 0 Å². The molecule has 1 aromatic rings. The predicted molar refractivity (Wildman–Crippen MR) is 74.0 cm³/mol. The molecule has 3 N–H and O–H groups in total. The third-order valence-electron chi connectivity index (χ3n) is 3.07. The van der Waals surface area contributed by atoms with E-state index in [1.807, 2.05) is 0 Å². The van der Waals surface area contributed by atoms with Crippen molar-refractivity contribution in [1.29, 1.82) is 0 Å². The minimum absolute atomic E-state index is 0.0810. The molecule has 7 heteroatoms. The summed E-state index contributed by atoms with van der Waals surface area (Å²) < 4.78 is 0. The predicted octanol–water partition coefficient (Wildman–Crippen LogP) is 1.42. The van der Waals surface area contributed by atoms with Gasteiger partial charge in [-0.25, -0.2) is 4.99 Å². The molecule has 0 aliphatic carbocycles. The van der Waals surface area contributed by atoms with Crippen molar-refractivity contribution < 1.29 is 9.72 Å². The van der Waals surface area contributed by atoms with Crippen molar-refractivity contribution >= 4 is 17.4 Å². The van der Waals surface area contributed by atoms with Gasteiger partial charge >= 0.3 is 0 Å². The van der Waals surface area contributed by atoms with Crippen LogP contribution in [-0.4, -0.2) is 16.7 Å². The molecule has 0 radical (unpaired) electrons. The number of allylic oxidation sites excluding steroid dienone is 1. The molecule has 1 aromatic carbocycles. The molecule has 0 bridgehead atoms. The van der Waals surface area contributed by atoms with Crippen molar-refractivity contribution in [1.82, 2.24) is 5.32 Å². The second kappa shape index (κ2) is 5.12. The number of nitrogens with one attached hydrogen (secondary N) is 1. The lowest BCUT2D eigenvalue weighted by atomic mass is 9.93. The molecule has 1 heterocycles. The zero-order valence-corrected chi connectivity index (χ0v) is 11.1. The summed E-state index contributed by atoms with van der Waals surface area (Å²) in [6, 6.07) is 5.45. The highest BCUT2D eigenvalue weighted by Crippen LogP contribution is 2.35. The quantitative estimate of drug-likeness (QED) is 0.639. The maximum absolute atomic E-state index is 11.8. The van der Waals surface area contributed by atoms with Gasteiger partial charge in [0.15, 0.2) is 11.7 Å². The van der Waals surface area contributed by atoms with Gasteiger partial charge in [0.05, 0.1) is 10.5 Å². The number of para-hydroxylation sites is 1. The second-order valence-corrected chi connectivity index (χ2v) is 4.45. The van der Waals surface area contributed by atoms with Crippen LogP contribution in [0.3, 0.4) is 0 Å². The van der Waals surface area contributed by atoms with Crippen LogP contribution in [0.2, 0.25) is 0 Å². The first kappa shape index (κ1) is 13.7. The van der Waals surface area contributed by atoms with Gasteiger partial charge in [0.2, 0.25) is 0 Å². The van der Waals surface area contributed by atoms with Crippen molar-refractivity contribution in [2.24, 2.45) is 10.7 Å². The Labute approximate surface area is 115 Å². The number of nitrogens with two attached hydrogens (primary N) is 1. The first-order valence-electron chi connectivity index (χ1n) is 5.97. The van der Waals surface area contributed by atoms with Crippen molar-refractivity contribution in [3.63, 3.8) is 0 Å². The molecule has 0 amide bonds. The Kier molecular flexibility index (Phi) is 3.51. The number of hydrogen-bond donors (Lipinski definition) is 2. The average Bonchev–Trinajstić information content (AvgIpc) is 2.37. The molecule has 1 aliphatic heterocycles. The lowest BCUT2D eigenvalue weighted by Gasteiger charge is -2.23. The number of nitrogens with zero attached hydrogens (tertiary/aromatic N) is 2. The fourth-order valence-electron chi connectivity index (χ4n) is 2.27. The lowest BCUT2D eigenvalue weighted by molar-refractivity contribution is -0.385. The lowest BCUT2D eigenvalue weighted by Crippen LogP contribution is -2.36. The first-order valence-corrected chi connectivity index (χ1v) is 5.97. The van der Waals surface area contributed by atoms with Gasteiger partial charge in [-0.15, -0.1) is 0 Å². The van der Waals surface area contributed by atoms with Gasteiger partial charge in [-0.1, -0.05) is 12.1 Å². The highest BCUT2D eigenvalue weighted by atomic mass is 16.6. The molecule has 0 saturated carbocycles. The van der Waals surface area contributed by atoms with Crippen LogP contribution in [0, 0.1) is 10.1 Å². The molecule has 104 valence electrons. The van der Waals surface area contributed by atoms with Crippen LogP contribution < -0.4 is 11.1 Å². The Morgan fingerprint density at radius 3 is 2.70 bits per heavy atom. The molecule has 2 rings (SSSR count). The highest BCUT2D eigenvalue weighted by Gasteiger charge is 2.30. The molecule has 0 fully saturated rings. The molecule has 1 aliphatic rings. The fraction of sp³-hybridized carbons (Fsp3) is 0.231. The van der Waals surface area contributed by atoms with E-state index in [-0.39, 0.29) is 17.4 Å². The summed E-state index contributed by atoms with van der Waals surface area (Å²) in [5, 5.41) is 13.9. The van der Waals surface area contributed by atoms with E-state index < -0.39 is 11.0 Å². The molecule has 7 nitrogen and oxygen atoms in total. The Balaban J connectivity index is 2.63. The van der Waals surface area contributed by atoms with Crippen LogP contribution in [0.15, 0.2) is 40.5 Å². The molecule has 0 saturated heterocycles. The van der Waals surface area contributed by atoms with E-state index in [1.165, 1.54) is 13.0 Å². The Morgan fingerprint density at radius 2 is 2.10 bits per heavy atom. The van der Waals surface area contributed by atoms with E-state index in [2.05, 4.69) is 10.3 Å². The third-order valence-corrected chi connectivity index (χ3v) is 3.07. The van der Waals surface area contributed by atoms with Crippen molar-refractivity contribution in [2.45, 2.75) is 19.9 Å². The summed E-state index contributed by atoms with van der Waals surface area (Å²) in [6.45, 7) is 3.10. The van der Waals surface area contributed by atoms with Crippen LogP contribution in [0.5, 0.6) is 0 Å². The summed E-state index contributed by atoms with van der Waals surface area (Å²) in [6.07, 6.45) is 0. The maximum Gasteiger partial charge on any atom is 0.275 e.